The van der Waals surface area contributed by atoms with E-state index in [1.807, 2.05) is 49.6 Å². The lowest BCUT2D eigenvalue weighted by atomic mass is 10.0. The molecule has 1 aromatic carbocycles. The van der Waals surface area contributed by atoms with Crippen molar-refractivity contribution < 1.29 is 18.7 Å². The zero-order valence-electron chi connectivity index (χ0n) is 15.7. The summed E-state index contributed by atoms with van der Waals surface area (Å²) in [7, 11) is 0. The molecular weight excluding hydrogens is 378 g/mol. The number of hydrogen-bond donors (Lipinski definition) is 1. The van der Waals surface area contributed by atoms with Crippen LogP contribution in [0.2, 0.25) is 0 Å². The summed E-state index contributed by atoms with van der Waals surface area (Å²) in [6, 6.07) is 9.43. The van der Waals surface area contributed by atoms with Crippen LogP contribution in [0.1, 0.15) is 36.0 Å². The minimum atomic E-state index is -0.580. The molecular formula is C20H19N3O4S. The van der Waals surface area contributed by atoms with Crippen LogP contribution < -0.4 is 5.32 Å². The number of anilines is 1. The quantitative estimate of drug-likeness (QED) is 0.490. The summed E-state index contributed by atoms with van der Waals surface area (Å²) in [4.78, 5) is 25.0. The largest absolute Gasteiger partial charge is 0.452 e. The number of aromatic nitrogens is 2. The minimum Gasteiger partial charge on any atom is -0.452 e. The van der Waals surface area contributed by atoms with E-state index in [1.54, 1.807) is 6.92 Å². The van der Waals surface area contributed by atoms with Gasteiger partial charge in [-0.05, 0) is 19.4 Å². The molecule has 2 heterocycles. The Bertz CT molecular complexity index is 1020. The van der Waals surface area contributed by atoms with Crippen LogP contribution in [0.4, 0.5) is 5.00 Å². The Balaban J connectivity index is 1.90. The molecule has 2 aromatic heterocycles. The Morgan fingerprint density at radius 2 is 1.96 bits per heavy atom. The predicted molar refractivity (Wildman–Crippen MR) is 106 cm³/mol. The number of esters is 1. The van der Waals surface area contributed by atoms with E-state index < -0.39 is 5.97 Å². The SMILES string of the molecule is CC(C)=CC(=O)Nc1scc(-c2ccccc2)c1C(=O)OCc1nnc(C)o1. The molecule has 7 nitrogen and oxygen atoms in total. The van der Waals surface area contributed by atoms with Crippen LogP contribution >= 0.6 is 11.3 Å². The molecule has 3 aromatic rings. The predicted octanol–water partition coefficient (Wildman–Crippen LogP) is 4.37. The van der Waals surface area contributed by atoms with Gasteiger partial charge in [-0.1, -0.05) is 35.9 Å². The zero-order valence-corrected chi connectivity index (χ0v) is 16.5. The Morgan fingerprint density at radius 3 is 2.61 bits per heavy atom. The van der Waals surface area contributed by atoms with E-state index in [1.165, 1.54) is 17.4 Å². The molecule has 0 fully saturated rings. The number of ether oxygens (including phenoxy) is 1. The number of hydrogen-bond acceptors (Lipinski definition) is 7. The molecule has 0 unspecified atom stereocenters. The van der Waals surface area contributed by atoms with E-state index >= 15 is 0 Å². The maximum absolute atomic E-state index is 12.8. The number of rotatable bonds is 6. The van der Waals surface area contributed by atoms with Crippen molar-refractivity contribution in [2.75, 3.05) is 5.32 Å². The van der Waals surface area contributed by atoms with Crippen LogP contribution in [-0.2, 0) is 16.1 Å². The van der Waals surface area contributed by atoms with Crippen LogP contribution in [0, 0.1) is 6.92 Å². The van der Waals surface area contributed by atoms with E-state index in [4.69, 9.17) is 9.15 Å². The van der Waals surface area contributed by atoms with E-state index in [0.29, 0.717) is 22.0 Å². The molecule has 28 heavy (non-hydrogen) atoms. The summed E-state index contributed by atoms with van der Waals surface area (Å²) in [5.74, 6) is -0.287. The summed E-state index contributed by atoms with van der Waals surface area (Å²) < 4.78 is 10.6. The van der Waals surface area contributed by atoms with Gasteiger partial charge in [0.1, 0.15) is 10.6 Å². The third kappa shape index (κ3) is 4.72. The lowest BCUT2D eigenvalue weighted by Crippen LogP contribution is -2.13. The lowest BCUT2D eigenvalue weighted by Gasteiger charge is -2.08. The van der Waals surface area contributed by atoms with Gasteiger partial charge in [0.25, 0.3) is 5.89 Å². The van der Waals surface area contributed by atoms with Crippen molar-refractivity contribution in [3.05, 3.63) is 64.7 Å². The van der Waals surface area contributed by atoms with Gasteiger partial charge in [0.2, 0.25) is 11.8 Å². The van der Waals surface area contributed by atoms with Gasteiger partial charge in [-0.25, -0.2) is 4.79 Å². The van der Waals surface area contributed by atoms with Crippen molar-refractivity contribution in [3.8, 4) is 11.1 Å². The first-order valence-corrected chi connectivity index (χ1v) is 9.41. The Labute approximate surface area is 166 Å². The maximum Gasteiger partial charge on any atom is 0.342 e. The topological polar surface area (TPSA) is 94.3 Å². The fraction of sp³-hybridized carbons (Fsp3) is 0.200. The molecule has 0 bridgehead atoms. The van der Waals surface area contributed by atoms with Crippen molar-refractivity contribution in [2.45, 2.75) is 27.4 Å². The molecule has 144 valence electrons. The van der Waals surface area contributed by atoms with Crippen LogP contribution in [0.15, 0.2) is 51.8 Å². The maximum atomic E-state index is 12.8. The fourth-order valence-corrected chi connectivity index (χ4v) is 3.45. The van der Waals surface area contributed by atoms with Crippen molar-refractivity contribution in [1.82, 2.24) is 10.2 Å². The zero-order chi connectivity index (χ0) is 20.1. The molecule has 0 radical (unpaired) electrons. The molecule has 0 saturated heterocycles. The third-order valence-electron chi connectivity index (χ3n) is 3.63. The molecule has 1 N–H and O–H groups in total. The van der Waals surface area contributed by atoms with Gasteiger partial charge < -0.3 is 14.5 Å². The van der Waals surface area contributed by atoms with Gasteiger partial charge in [0.05, 0.1) is 0 Å². The second kappa shape index (κ2) is 8.62. The minimum absolute atomic E-state index is 0.148. The first-order valence-electron chi connectivity index (χ1n) is 8.53. The average Bonchev–Trinajstić information content (AvgIpc) is 3.26. The number of allylic oxidation sites excluding steroid dienone is 1. The summed E-state index contributed by atoms with van der Waals surface area (Å²) >= 11 is 1.27. The Kier molecular flexibility index (Phi) is 6.00. The van der Waals surface area contributed by atoms with Gasteiger partial charge in [-0.15, -0.1) is 21.5 Å². The third-order valence-corrected chi connectivity index (χ3v) is 4.53. The highest BCUT2D eigenvalue weighted by Gasteiger charge is 2.23. The van der Waals surface area contributed by atoms with Crippen LogP contribution in [0.5, 0.6) is 0 Å². The molecule has 0 saturated carbocycles. The smallest absolute Gasteiger partial charge is 0.342 e. The number of nitrogens with one attached hydrogen (secondary N) is 1. The number of benzene rings is 1. The van der Waals surface area contributed by atoms with Crippen LogP contribution in [0.25, 0.3) is 11.1 Å². The molecule has 0 aliphatic heterocycles. The standard InChI is InChI=1S/C20H19N3O4S/c1-12(2)9-16(24)21-19-18(15(11-28-19)14-7-5-4-6-8-14)20(25)26-10-17-23-22-13(3)27-17/h4-9,11H,10H2,1-3H3,(H,21,24). The summed E-state index contributed by atoms with van der Waals surface area (Å²) in [6.07, 6.45) is 1.47. The number of aryl methyl sites for hydroxylation is 1. The molecule has 8 heteroatoms. The van der Waals surface area contributed by atoms with Crippen LogP contribution in [-0.4, -0.2) is 22.1 Å². The number of amides is 1. The van der Waals surface area contributed by atoms with Gasteiger partial charge in [-0.3, -0.25) is 4.79 Å². The van der Waals surface area contributed by atoms with Crippen molar-refractivity contribution in [2.24, 2.45) is 0 Å². The molecule has 0 atom stereocenters. The van der Waals surface area contributed by atoms with E-state index in [-0.39, 0.29) is 18.4 Å². The highest BCUT2D eigenvalue weighted by molar-refractivity contribution is 7.15. The normalized spacial score (nSPS) is 10.4. The second-order valence-corrected chi connectivity index (χ2v) is 7.10. The van der Waals surface area contributed by atoms with Crippen LogP contribution in [0.3, 0.4) is 0 Å². The number of thiophene rings is 1. The second-order valence-electron chi connectivity index (χ2n) is 6.22. The monoisotopic (exact) mass is 397 g/mol. The van der Waals surface area contributed by atoms with Gasteiger partial charge in [0.15, 0.2) is 6.61 Å². The van der Waals surface area contributed by atoms with E-state index in [2.05, 4.69) is 15.5 Å². The first-order chi connectivity index (χ1) is 13.4. The number of carbonyl (C=O) groups is 2. The van der Waals surface area contributed by atoms with Gasteiger partial charge >= 0.3 is 5.97 Å². The molecule has 1 amide bonds. The highest BCUT2D eigenvalue weighted by atomic mass is 32.1. The average molecular weight is 397 g/mol. The van der Waals surface area contributed by atoms with Crippen molar-refractivity contribution >= 4 is 28.2 Å². The molecule has 0 spiro atoms. The first kappa shape index (κ1) is 19.5. The van der Waals surface area contributed by atoms with Crippen molar-refractivity contribution in [1.29, 1.82) is 0 Å². The Hall–Kier alpha value is -3.26. The fourth-order valence-electron chi connectivity index (χ4n) is 2.49. The van der Waals surface area contributed by atoms with Crippen molar-refractivity contribution in [3.63, 3.8) is 0 Å². The lowest BCUT2D eigenvalue weighted by molar-refractivity contribution is -0.111. The van der Waals surface area contributed by atoms with Gasteiger partial charge in [0, 0.05) is 23.9 Å². The number of nitrogens with zero attached hydrogens (tertiary/aromatic N) is 2. The summed E-state index contributed by atoms with van der Waals surface area (Å²) in [6.45, 7) is 5.16. The molecule has 3 rings (SSSR count). The Morgan fingerprint density at radius 1 is 1.21 bits per heavy atom. The van der Waals surface area contributed by atoms with E-state index in [0.717, 1.165) is 11.1 Å². The van der Waals surface area contributed by atoms with Gasteiger partial charge in [-0.2, -0.15) is 0 Å². The number of carbonyl (C=O) groups excluding carboxylic acids is 2. The molecule has 0 aliphatic rings. The van der Waals surface area contributed by atoms with E-state index in [9.17, 15) is 9.59 Å². The molecule has 0 aliphatic carbocycles. The summed E-state index contributed by atoms with van der Waals surface area (Å²) in [5, 5.41) is 12.5. The summed E-state index contributed by atoms with van der Waals surface area (Å²) in [5.41, 5.74) is 2.68. The highest BCUT2D eigenvalue weighted by Crippen LogP contribution is 2.36.